The predicted molar refractivity (Wildman–Crippen MR) is 75.2 cm³/mol. The average Bonchev–Trinajstić information content (AvgIpc) is 2.46. The molecule has 2 aromatic rings. The Morgan fingerprint density at radius 1 is 1.20 bits per heavy atom. The largest absolute Gasteiger partial charge is 0.394 e. The molecule has 0 radical (unpaired) electrons. The number of aliphatic hydroxyl groups excluding tert-OH is 1. The van der Waals surface area contributed by atoms with E-state index in [1.807, 2.05) is 6.07 Å². The van der Waals surface area contributed by atoms with Gasteiger partial charge in [-0.05, 0) is 17.7 Å². The number of anilines is 1. The Balaban J connectivity index is 2.30. The second-order valence-electron chi connectivity index (χ2n) is 4.15. The lowest BCUT2D eigenvalue weighted by Crippen LogP contribution is -2.31. The van der Waals surface area contributed by atoms with Crippen LogP contribution in [0.5, 0.6) is 0 Å². The summed E-state index contributed by atoms with van der Waals surface area (Å²) in [6, 6.07) is 10.9. The number of nitrogens with zero attached hydrogens (tertiary/aromatic N) is 1. The van der Waals surface area contributed by atoms with E-state index in [1.54, 1.807) is 24.3 Å². The zero-order chi connectivity index (χ0) is 14.6. The molecule has 0 spiro atoms. The molecule has 7 heteroatoms. The molecule has 1 atom stereocenters. The summed E-state index contributed by atoms with van der Waals surface area (Å²) in [7, 11) is -3.85. The van der Waals surface area contributed by atoms with Gasteiger partial charge in [-0.2, -0.15) is 0 Å². The van der Waals surface area contributed by atoms with Crippen LogP contribution in [0, 0.1) is 0 Å². The number of aromatic nitrogens is 1. The van der Waals surface area contributed by atoms with Crippen molar-refractivity contribution in [2.75, 3.05) is 12.3 Å². The van der Waals surface area contributed by atoms with E-state index in [0.29, 0.717) is 5.56 Å². The monoisotopic (exact) mass is 293 g/mol. The smallest absolute Gasteiger partial charge is 0.244 e. The predicted octanol–water partition coefficient (Wildman–Crippen LogP) is 0.676. The van der Waals surface area contributed by atoms with Crippen molar-refractivity contribution in [3.05, 3.63) is 54.2 Å². The number of benzene rings is 1. The van der Waals surface area contributed by atoms with Crippen molar-refractivity contribution in [3.8, 4) is 0 Å². The highest BCUT2D eigenvalue weighted by molar-refractivity contribution is 7.89. The summed E-state index contributed by atoms with van der Waals surface area (Å²) in [6.07, 6.45) is 1.41. The fraction of sp³-hybridized carbons (Fsp3) is 0.154. The number of hydrogen-bond acceptors (Lipinski definition) is 5. The lowest BCUT2D eigenvalue weighted by atomic mass is 10.1. The minimum atomic E-state index is -3.85. The van der Waals surface area contributed by atoms with E-state index in [2.05, 4.69) is 9.71 Å². The molecule has 0 amide bonds. The minimum absolute atomic E-state index is 0.0789. The molecule has 0 aliphatic rings. The molecular weight excluding hydrogens is 278 g/mol. The van der Waals surface area contributed by atoms with E-state index in [0.717, 1.165) is 0 Å². The summed E-state index contributed by atoms with van der Waals surface area (Å²) < 4.78 is 26.9. The van der Waals surface area contributed by atoms with E-state index in [9.17, 15) is 13.5 Å². The van der Waals surface area contributed by atoms with Crippen LogP contribution < -0.4 is 10.5 Å². The first-order chi connectivity index (χ1) is 9.54. The fourth-order valence-electron chi connectivity index (χ4n) is 1.78. The van der Waals surface area contributed by atoms with Gasteiger partial charge in [0.25, 0.3) is 0 Å². The maximum atomic E-state index is 12.3. The van der Waals surface area contributed by atoms with Crippen molar-refractivity contribution in [3.63, 3.8) is 0 Å². The van der Waals surface area contributed by atoms with Crippen LogP contribution in [0.3, 0.4) is 0 Å². The van der Waals surface area contributed by atoms with Crippen LogP contribution in [0.15, 0.2) is 53.6 Å². The molecule has 0 bridgehead atoms. The molecule has 0 saturated heterocycles. The van der Waals surface area contributed by atoms with Crippen LogP contribution in [-0.4, -0.2) is 25.1 Å². The first kappa shape index (κ1) is 14.4. The second-order valence-corrected chi connectivity index (χ2v) is 5.84. The SMILES string of the molecule is Nc1ncccc1S(=O)(=O)NC(CO)c1ccccc1. The summed E-state index contributed by atoms with van der Waals surface area (Å²) in [5.41, 5.74) is 6.24. The Bertz CT molecular complexity index is 674. The summed E-state index contributed by atoms with van der Waals surface area (Å²) in [5.74, 6) is -0.0789. The van der Waals surface area contributed by atoms with Gasteiger partial charge >= 0.3 is 0 Å². The maximum absolute atomic E-state index is 12.3. The third-order valence-corrected chi connectivity index (χ3v) is 4.29. The summed E-state index contributed by atoms with van der Waals surface area (Å²) in [6.45, 7) is -0.358. The number of hydrogen-bond donors (Lipinski definition) is 3. The van der Waals surface area contributed by atoms with Gasteiger partial charge in [0.2, 0.25) is 10.0 Å². The van der Waals surface area contributed by atoms with Gasteiger partial charge in [-0.15, -0.1) is 0 Å². The molecule has 20 heavy (non-hydrogen) atoms. The molecular formula is C13H15N3O3S. The maximum Gasteiger partial charge on any atom is 0.244 e. The molecule has 6 nitrogen and oxygen atoms in total. The van der Waals surface area contributed by atoms with Crippen LogP contribution in [0.2, 0.25) is 0 Å². The Labute approximate surface area is 117 Å². The summed E-state index contributed by atoms with van der Waals surface area (Å²) in [5, 5.41) is 9.39. The third-order valence-electron chi connectivity index (χ3n) is 2.77. The highest BCUT2D eigenvalue weighted by Crippen LogP contribution is 2.19. The standard InChI is InChI=1S/C13H15N3O3S/c14-13-12(7-4-8-15-13)20(18,19)16-11(9-17)10-5-2-1-3-6-10/h1-8,11,16-17H,9H2,(H2,14,15). The van der Waals surface area contributed by atoms with Crippen LogP contribution in [0.25, 0.3) is 0 Å². The normalized spacial score (nSPS) is 13.1. The van der Waals surface area contributed by atoms with Crippen LogP contribution >= 0.6 is 0 Å². The van der Waals surface area contributed by atoms with Crippen molar-refractivity contribution >= 4 is 15.8 Å². The molecule has 106 valence electrons. The number of nitrogens with one attached hydrogen (secondary N) is 1. The Kier molecular flexibility index (Phi) is 4.33. The zero-order valence-corrected chi connectivity index (χ0v) is 11.4. The zero-order valence-electron chi connectivity index (χ0n) is 10.6. The van der Waals surface area contributed by atoms with Gasteiger partial charge in [0.05, 0.1) is 12.6 Å². The van der Waals surface area contributed by atoms with E-state index in [-0.39, 0.29) is 17.3 Å². The van der Waals surface area contributed by atoms with E-state index in [1.165, 1.54) is 18.3 Å². The number of sulfonamides is 1. The van der Waals surface area contributed by atoms with Crippen LogP contribution in [-0.2, 0) is 10.0 Å². The number of aliphatic hydroxyl groups is 1. The topological polar surface area (TPSA) is 105 Å². The van der Waals surface area contributed by atoms with Crippen molar-refractivity contribution in [1.82, 2.24) is 9.71 Å². The molecule has 1 aromatic heterocycles. The lowest BCUT2D eigenvalue weighted by Gasteiger charge is -2.17. The van der Waals surface area contributed by atoms with Gasteiger partial charge < -0.3 is 10.8 Å². The van der Waals surface area contributed by atoms with Crippen molar-refractivity contribution in [1.29, 1.82) is 0 Å². The highest BCUT2D eigenvalue weighted by atomic mass is 32.2. The molecule has 1 aromatic carbocycles. The van der Waals surface area contributed by atoms with E-state index < -0.39 is 16.1 Å². The Morgan fingerprint density at radius 3 is 2.50 bits per heavy atom. The summed E-state index contributed by atoms with van der Waals surface area (Å²) in [4.78, 5) is 3.64. The molecule has 1 unspecified atom stereocenters. The number of pyridine rings is 1. The number of nitrogens with two attached hydrogens (primary N) is 1. The lowest BCUT2D eigenvalue weighted by molar-refractivity contribution is 0.259. The van der Waals surface area contributed by atoms with Crippen molar-refractivity contribution < 1.29 is 13.5 Å². The van der Waals surface area contributed by atoms with Gasteiger partial charge in [-0.1, -0.05) is 30.3 Å². The molecule has 0 aliphatic heterocycles. The molecule has 1 heterocycles. The average molecular weight is 293 g/mol. The molecule has 0 aliphatic carbocycles. The Hall–Kier alpha value is -1.96. The molecule has 4 N–H and O–H groups in total. The van der Waals surface area contributed by atoms with E-state index in [4.69, 9.17) is 5.73 Å². The van der Waals surface area contributed by atoms with Crippen molar-refractivity contribution in [2.24, 2.45) is 0 Å². The van der Waals surface area contributed by atoms with Crippen LogP contribution in [0.1, 0.15) is 11.6 Å². The third kappa shape index (κ3) is 3.13. The second kappa shape index (κ2) is 6.00. The van der Waals surface area contributed by atoms with E-state index >= 15 is 0 Å². The first-order valence-corrected chi connectivity index (χ1v) is 7.41. The van der Waals surface area contributed by atoms with Gasteiger partial charge in [0, 0.05) is 6.20 Å². The van der Waals surface area contributed by atoms with Gasteiger partial charge in [0.15, 0.2) is 0 Å². The summed E-state index contributed by atoms with van der Waals surface area (Å²) >= 11 is 0. The molecule has 0 fully saturated rings. The number of rotatable bonds is 5. The van der Waals surface area contributed by atoms with Gasteiger partial charge in [-0.3, -0.25) is 0 Å². The molecule has 0 saturated carbocycles. The fourth-order valence-corrected chi connectivity index (χ4v) is 3.07. The van der Waals surface area contributed by atoms with Crippen molar-refractivity contribution in [2.45, 2.75) is 10.9 Å². The Morgan fingerprint density at radius 2 is 1.90 bits per heavy atom. The number of nitrogen functional groups attached to an aromatic ring is 1. The van der Waals surface area contributed by atoms with Gasteiger partial charge in [-0.25, -0.2) is 18.1 Å². The molecule has 2 rings (SSSR count). The first-order valence-electron chi connectivity index (χ1n) is 5.93. The minimum Gasteiger partial charge on any atom is -0.394 e. The van der Waals surface area contributed by atoms with Gasteiger partial charge in [0.1, 0.15) is 10.7 Å². The van der Waals surface area contributed by atoms with Crippen LogP contribution in [0.4, 0.5) is 5.82 Å². The quantitative estimate of drug-likeness (QED) is 0.751. The highest BCUT2D eigenvalue weighted by Gasteiger charge is 2.23.